The number of hydrogen-bond acceptors (Lipinski definition) is 3. The molecule has 2 aliphatic carbocycles. The summed E-state index contributed by atoms with van der Waals surface area (Å²) >= 11 is 0. The molecule has 2 saturated carbocycles. The SMILES string of the molecule is COC(=O)[C@@H]1C[C@H]2C[C@@H](N)[C@H]2C1.Cl. The molecule has 4 atom stereocenters. The fraction of sp³-hybridized carbons (Fsp3) is 0.889. The van der Waals surface area contributed by atoms with Crippen molar-refractivity contribution in [1.29, 1.82) is 0 Å². The van der Waals surface area contributed by atoms with Crippen molar-refractivity contribution in [3.8, 4) is 0 Å². The molecule has 4 heteroatoms. The molecule has 13 heavy (non-hydrogen) atoms. The average Bonchev–Trinajstić information content (AvgIpc) is 2.41. The topological polar surface area (TPSA) is 52.3 Å². The minimum absolute atomic E-state index is 0. The van der Waals surface area contributed by atoms with Gasteiger partial charge in [0.2, 0.25) is 0 Å². The third-order valence-electron chi connectivity index (χ3n) is 3.41. The van der Waals surface area contributed by atoms with Gasteiger partial charge in [-0.15, -0.1) is 12.4 Å². The second-order valence-corrected chi connectivity index (χ2v) is 4.01. The first-order chi connectivity index (χ1) is 5.72. The van der Waals surface area contributed by atoms with Crippen molar-refractivity contribution in [2.45, 2.75) is 25.3 Å². The molecular formula is C9H16ClNO2. The first kappa shape index (κ1) is 10.8. The quantitative estimate of drug-likeness (QED) is 0.649. The molecule has 0 unspecified atom stereocenters. The summed E-state index contributed by atoms with van der Waals surface area (Å²) in [6.45, 7) is 0. The first-order valence-corrected chi connectivity index (χ1v) is 4.55. The van der Waals surface area contributed by atoms with E-state index in [1.54, 1.807) is 0 Å². The van der Waals surface area contributed by atoms with Crippen LogP contribution in [0, 0.1) is 17.8 Å². The minimum Gasteiger partial charge on any atom is -0.469 e. The molecule has 0 saturated heterocycles. The maximum Gasteiger partial charge on any atom is 0.308 e. The Balaban J connectivity index is 0.000000845. The Labute approximate surface area is 84.4 Å². The monoisotopic (exact) mass is 205 g/mol. The number of ether oxygens (including phenoxy) is 1. The van der Waals surface area contributed by atoms with Gasteiger partial charge < -0.3 is 10.5 Å². The fourth-order valence-electron chi connectivity index (χ4n) is 2.64. The molecular weight excluding hydrogens is 190 g/mol. The van der Waals surface area contributed by atoms with Gasteiger partial charge in [0, 0.05) is 6.04 Å². The van der Waals surface area contributed by atoms with Crippen LogP contribution in [0.4, 0.5) is 0 Å². The smallest absolute Gasteiger partial charge is 0.308 e. The number of carbonyl (C=O) groups excluding carboxylic acids is 1. The summed E-state index contributed by atoms with van der Waals surface area (Å²) in [6.07, 6.45) is 3.07. The van der Waals surface area contributed by atoms with Crippen LogP contribution in [0.15, 0.2) is 0 Å². The van der Waals surface area contributed by atoms with E-state index in [-0.39, 0.29) is 24.3 Å². The van der Waals surface area contributed by atoms with Gasteiger partial charge in [0.15, 0.2) is 0 Å². The highest BCUT2D eigenvalue weighted by atomic mass is 35.5. The van der Waals surface area contributed by atoms with Gasteiger partial charge in [0.1, 0.15) is 0 Å². The van der Waals surface area contributed by atoms with E-state index in [2.05, 4.69) is 0 Å². The van der Waals surface area contributed by atoms with Crippen LogP contribution in [0.1, 0.15) is 19.3 Å². The van der Waals surface area contributed by atoms with Crippen LogP contribution in [0.5, 0.6) is 0 Å². The summed E-state index contributed by atoms with van der Waals surface area (Å²) < 4.78 is 4.71. The lowest BCUT2D eigenvalue weighted by atomic mass is 9.72. The summed E-state index contributed by atoms with van der Waals surface area (Å²) in [5, 5.41) is 0. The number of methoxy groups -OCH3 is 1. The lowest BCUT2D eigenvalue weighted by Gasteiger charge is -2.37. The predicted octanol–water partition coefficient (Wildman–Crippen LogP) is 0.955. The summed E-state index contributed by atoms with van der Waals surface area (Å²) in [7, 11) is 1.46. The zero-order valence-electron chi connectivity index (χ0n) is 7.73. The Morgan fingerprint density at radius 3 is 2.54 bits per heavy atom. The summed E-state index contributed by atoms with van der Waals surface area (Å²) in [5.41, 5.74) is 5.82. The van der Waals surface area contributed by atoms with Crippen molar-refractivity contribution < 1.29 is 9.53 Å². The maximum absolute atomic E-state index is 11.2. The lowest BCUT2D eigenvalue weighted by Crippen LogP contribution is -2.44. The third-order valence-corrected chi connectivity index (χ3v) is 3.41. The lowest BCUT2D eigenvalue weighted by molar-refractivity contribution is -0.145. The van der Waals surface area contributed by atoms with Gasteiger partial charge in [0.05, 0.1) is 13.0 Å². The molecule has 0 aromatic heterocycles. The normalized spacial score (nSPS) is 41.4. The average molecular weight is 206 g/mol. The molecule has 0 heterocycles. The molecule has 2 fully saturated rings. The van der Waals surface area contributed by atoms with E-state index in [9.17, 15) is 4.79 Å². The van der Waals surface area contributed by atoms with Crippen molar-refractivity contribution in [3.05, 3.63) is 0 Å². The van der Waals surface area contributed by atoms with Crippen LogP contribution < -0.4 is 5.73 Å². The molecule has 2 aliphatic rings. The molecule has 0 aliphatic heterocycles. The fourth-order valence-corrected chi connectivity index (χ4v) is 2.64. The van der Waals surface area contributed by atoms with E-state index in [0.29, 0.717) is 17.9 Å². The Hall–Kier alpha value is -0.280. The van der Waals surface area contributed by atoms with Crippen LogP contribution in [-0.4, -0.2) is 19.1 Å². The molecule has 0 radical (unpaired) electrons. The standard InChI is InChI=1S/C9H15NO2.ClH/c1-12-9(11)6-2-5-4-8(10)7(5)3-6;/h5-8H,2-4,10H2,1H3;1H/t5-,6+,7-,8+;/m0./s1. The molecule has 2 rings (SSSR count). The molecule has 76 valence electrons. The largest absolute Gasteiger partial charge is 0.469 e. The Kier molecular flexibility index (Phi) is 3.19. The Morgan fingerprint density at radius 2 is 2.08 bits per heavy atom. The zero-order valence-corrected chi connectivity index (χ0v) is 8.55. The van der Waals surface area contributed by atoms with E-state index in [4.69, 9.17) is 10.5 Å². The second kappa shape index (κ2) is 3.84. The van der Waals surface area contributed by atoms with Crippen molar-refractivity contribution >= 4 is 18.4 Å². The van der Waals surface area contributed by atoms with Gasteiger partial charge in [0.25, 0.3) is 0 Å². The highest BCUT2D eigenvalue weighted by Gasteiger charge is 2.48. The molecule has 0 amide bonds. The number of rotatable bonds is 1. The van der Waals surface area contributed by atoms with Crippen LogP contribution in [0.2, 0.25) is 0 Å². The molecule has 0 spiro atoms. The zero-order chi connectivity index (χ0) is 8.72. The number of halogens is 1. The molecule has 0 bridgehead atoms. The number of carbonyl (C=O) groups is 1. The van der Waals surface area contributed by atoms with Gasteiger partial charge in [-0.3, -0.25) is 4.79 Å². The number of fused-ring (bicyclic) bond motifs is 1. The minimum atomic E-state index is -0.0448. The van der Waals surface area contributed by atoms with Crippen molar-refractivity contribution in [1.82, 2.24) is 0 Å². The summed E-state index contributed by atoms with van der Waals surface area (Å²) in [5.74, 6) is 1.41. The van der Waals surface area contributed by atoms with Gasteiger partial charge in [-0.1, -0.05) is 0 Å². The van der Waals surface area contributed by atoms with Gasteiger partial charge >= 0.3 is 5.97 Å². The van der Waals surface area contributed by atoms with Gasteiger partial charge in [-0.25, -0.2) is 0 Å². The predicted molar refractivity (Wildman–Crippen MR) is 51.6 cm³/mol. The van der Waals surface area contributed by atoms with E-state index >= 15 is 0 Å². The van der Waals surface area contributed by atoms with Gasteiger partial charge in [-0.05, 0) is 31.1 Å². The molecule has 0 aromatic rings. The molecule has 0 aromatic carbocycles. The number of esters is 1. The number of nitrogens with two attached hydrogens (primary N) is 1. The Bertz CT molecular complexity index is 210. The summed E-state index contributed by atoms with van der Waals surface area (Å²) in [4.78, 5) is 11.2. The van der Waals surface area contributed by atoms with E-state index in [0.717, 1.165) is 19.3 Å². The van der Waals surface area contributed by atoms with Crippen LogP contribution >= 0.6 is 12.4 Å². The van der Waals surface area contributed by atoms with Crippen molar-refractivity contribution in [3.63, 3.8) is 0 Å². The Morgan fingerprint density at radius 1 is 1.38 bits per heavy atom. The highest BCUT2D eigenvalue weighted by molar-refractivity contribution is 5.85. The number of hydrogen-bond donors (Lipinski definition) is 1. The second-order valence-electron chi connectivity index (χ2n) is 4.01. The van der Waals surface area contributed by atoms with Crippen LogP contribution in [0.3, 0.4) is 0 Å². The third kappa shape index (κ3) is 1.67. The van der Waals surface area contributed by atoms with Crippen molar-refractivity contribution in [2.24, 2.45) is 23.5 Å². The highest BCUT2D eigenvalue weighted by Crippen LogP contribution is 2.48. The van der Waals surface area contributed by atoms with Gasteiger partial charge in [-0.2, -0.15) is 0 Å². The van der Waals surface area contributed by atoms with E-state index in [1.807, 2.05) is 0 Å². The molecule has 2 N–H and O–H groups in total. The molecule has 3 nitrogen and oxygen atoms in total. The van der Waals surface area contributed by atoms with E-state index in [1.165, 1.54) is 7.11 Å². The van der Waals surface area contributed by atoms with Crippen LogP contribution in [0.25, 0.3) is 0 Å². The van der Waals surface area contributed by atoms with Crippen molar-refractivity contribution in [2.75, 3.05) is 7.11 Å². The first-order valence-electron chi connectivity index (χ1n) is 4.55. The summed E-state index contributed by atoms with van der Waals surface area (Å²) in [6, 6.07) is 0.352. The van der Waals surface area contributed by atoms with E-state index < -0.39 is 0 Å². The van der Waals surface area contributed by atoms with Crippen LogP contribution in [-0.2, 0) is 9.53 Å². The maximum atomic E-state index is 11.2.